The van der Waals surface area contributed by atoms with Crippen LogP contribution in [0.15, 0.2) is 28.7 Å². The lowest BCUT2D eigenvalue weighted by Gasteiger charge is -2.45. The molecule has 2 bridgehead atoms. The van der Waals surface area contributed by atoms with Gasteiger partial charge >= 0.3 is 0 Å². The second-order valence-electron chi connectivity index (χ2n) is 4.90. The first-order valence-corrected chi connectivity index (χ1v) is 6.85. The number of benzene rings is 1. The summed E-state index contributed by atoms with van der Waals surface area (Å²) < 4.78 is 1.15. The first kappa shape index (κ1) is 10.6. The van der Waals surface area contributed by atoms with Crippen molar-refractivity contribution in [1.82, 2.24) is 4.90 Å². The molecule has 3 saturated heterocycles. The number of fused-ring (bicyclic) bond motifs is 3. The lowest BCUT2D eigenvalue weighted by atomic mass is 9.84. The van der Waals surface area contributed by atoms with Gasteiger partial charge in [0.1, 0.15) is 0 Å². The van der Waals surface area contributed by atoms with Crippen LogP contribution in [0.3, 0.4) is 0 Å². The first-order chi connectivity index (χ1) is 7.81. The predicted octanol–water partition coefficient (Wildman–Crippen LogP) is 2.96. The van der Waals surface area contributed by atoms with Gasteiger partial charge in [0.15, 0.2) is 0 Å². The average Bonchev–Trinajstić information content (AvgIpc) is 2.30. The molecule has 86 valence electrons. The van der Waals surface area contributed by atoms with E-state index in [4.69, 9.17) is 0 Å². The zero-order chi connectivity index (χ0) is 11.0. The molecule has 16 heavy (non-hydrogen) atoms. The third kappa shape index (κ3) is 2.11. The normalized spacial score (nSPS) is 32.7. The number of nitrogens with zero attached hydrogens (tertiary/aromatic N) is 1. The highest BCUT2D eigenvalue weighted by atomic mass is 79.9. The van der Waals surface area contributed by atoms with Gasteiger partial charge in [0.2, 0.25) is 0 Å². The van der Waals surface area contributed by atoms with E-state index in [0.29, 0.717) is 6.04 Å². The van der Waals surface area contributed by atoms with E-state index in [9.17, 15) is 0 Å². The quantitative estimate of drug-likeness (QED) is 0.896. The van der Waals surface area contributed by atoms with Gasteiger partial charge in [-0.2, -0.15) is 0 Å². The van der Waals surface area contributed by atoms with Crippen molar-refractivity contribution in [3.8, 4) is 0 Å². The zero-order valence-corrected chi connectivity index (χ0v) is 10.9. The molecule has 3 aliphatic rings. The summed E-state index contributed by atoms with van der Waals surface area (Å²) in [4.78, 5) is 2.58. The van der Waals surface area contributed by atoms with Crippen LogP contribution in [-0.4, -0.2) is 30.6 Å². The molecule has 3 aliphatic heterocycles. The minimum Gasteiger partial charge on any atom is -0.381 e. The van der Waals surface area contributed by atoms with Crippen LogP contribution in [0, 0.1) is 5.92 Å². The third-order valence-electron chi connectivity index (χ3n) is 3.83. The standard InChI is InChI=1S/C13H17BrN2/c14-11-2-1-3-12(8-11)15-13-9-16-6-4-10(13)5-7-16/h1-3,8,10,13,15H,4-7,9H2. The van der Waals surface area contributed by atoms with E-state index in [-0.39, 0.29) is 0 Å². The predicted molar refractivity (Wildman–Crippen MR) is 70.7 cm³/mol. The zero-order valence-electron chi connectivity index (χ0n) is 9.32. The van der Waals surface area contributed by atoms with Gasteiger partial charge in [0.25, 0.3) is 0 Å². The molecule has 2 nitrogen and oxygen atoms in total. The van der Waals surface area contributed by atoms with Crippen molar-refractivity contribution in [3.63, 3.8) is 0 Å². The lowest BCUT2D eigenvalue weighted by Crippen LogP contribution is -2.53. The van der Waals surface area contributed by atoms with Crippen LogP contribution < -0.4 is 5.32 Å². The number of hydrogen-bond acceptors (Lipinski definition) is 2. The van der Waals surface area contributed by atoms with Crippen molar-refractivity contribution in [2.24, 2.45) is 5.92 Å². The van der Waals surface area contributed by atoms with Gasteiger partial charge in [-0.25, -0.2) is 0 Å². The smallest absolute Gasteiger partial charge is 0.0417 e. The summed E-state index contributed by atoms with van der Waals surface area (Å²) in [5, 5.41) is 3.68. The summed E-state index contributed by atoms with van der Waals surface area (Å²) >= 11 is 3.52. The average molecular weight is 281 g/mol. The molecule has 0 aliphatic carbocycles. The first-order valence-electron chi connectivity index (χ1n) is 6.06. The molecular formula is C13H17BrN2. The molecular weight excluding hydrogens is 264 g/mol. The van der Waals surface area contributed by atoms with Crippen LogP contribution in [0.1, 0.15) is 12.8 Å². The van der Waals surface area contributed by atoms with E-state index >= 15 is 0 Å². The highest BCUT2D eigenvalue weighted by molar-refractivity contribution is 9.10. The molecule has 0 amide bonds. The van der Waals surface area contributed by atoms with Crippen molar-refractivity contribution in [3.05, 3.63) is 28.7 Å². The van der Waals surface area contributed by atoms with Crippen LogP contribution in [0.25, 0.3) is 0 Å². The fourth-order valence-corrected chi connectivity index (χ4v) is 3.32. The monoisotopic (exact) mass is 280 g/mol. The van der Waals surface area contributed by atoms with E-state index in [1.54, 1.807) is 0 Å². The Morgan fingerprint density at radius 1 is 1.25 bits per heavy atom. The van der Waals surface area contributed by atoms with E-state index in [1.165, 1.54) is 38.2 Å². The lowest BCUT2D eigenvalue weighted by molar-refractivity contribution is 0.0975. The summed E-state index contributed by atoms with van der Waals surface area (Å²) in [5.74, 6) is 0.879. The molecule has 4 rings (SSSR count). The van der Waals surface area contributed by atoms with Crippen molar-refractivity contribution in [1.29, 1.82) is 0 Å². The minimum absolute atomic E-state index is 0.650. The van der Waals surface area contributed by atoms with Crippen LogP contribution in [0.2, 0.25) is 0 Å². The van der Waals surface area contributed by atoms with E-state index < -0.39 is 0 Å². The maximum absolute atomic E-state index is 3.68. The van der Waals surface area contributed by atoms with Gasteiger partial charge in [-0.3, -0.25) is 0 Å². The van der Waals surface area contributed by atoms with Gasteiger partial charge in [-0.1, -0.05) is 22.0 Å². The Bertz CT molecular complexity index is 372. The molecule has 1 aromatic rings. The van der Waals surface area contributed by atoms with Gasteiger partial charge in [0, 0.05) is 22.7 Å². The Morgan fingerprint density at radius 2 is 2.06 bits per heavy atom. The highest BCUT2D eigenvalue weighted by Crippen LogP contribution is 2.30. The number of nitrogens with one attached hydrogen (secondary N) is 1. The van der Waals surface area contributed by atoms with Crippen LogP contribution >= 0.6 is 15.9 Å². The van der Waals surface area contributed by atoms with Crippen LogP contribution in [-0.2, 0) is 0 Å². The van der Waals surface area contributed by atoms with Crippen LogP contribution in [0.4, 0.5) is 5.69 Å². The largest absolute Gasteiger partial charge is 0.381 e. The minimum atomic E-state index is 0.650. The fourth-order valence-electron chi connectivity index (χ4n) is 2.92. The van der Waals surface area contributed by atoms with E-state index in [0.717, 1.165) is 10.4 Å². The summed E-state index contributed by atoms with van der Waals surface area (Å²) in [6.07, 6.45) is 2.73. The number of piperidine rings is 3. The number of anilines is 1. The Morgan fingerprint density at radius 3 is 2.69 bits per heavy atom. The van der Waals surface area contributed by atoms with E-state index in [1.807, 2.05) is 0 Å². The SMILES string of the molecule is Brc1cccc(NC2CN3CCC2CC3)c1. The molecule has 3 heteroatoms. The Labute approximate surface area is 105 Å². The summed E-state index contributed by atoms with van der Waals surface area (Å²) in [6.45, 7) is 3.83. The molecule has 3 fully saturated rings. The molecule has 1 atom stereocenters. The topological polar surface area (TPSA) is 15.3 Å². The second kappa shape index (κ2) is 4.38. The fraction of sp³-hybridized carbons (Fsp3) is 0.538. The van der Waals surface area contributed by atoms with Crippen molar-refractivity contribution >= 4 is 21.6 Å². The van der Waals surface area contributed by atoms with Crippen LogP contribution in [0.5, 0.6) is 0 Å². The van der Waals surface area contributed by atoms with Gasteiger partial charge in [-0.15, -0.1) is 0 Å². The molecule has 0 aromatic heterocycles. The number of hydrogen-bond donors (Lipinski definition) is 1. The van der Waals surface area contributed by atoms with Crippen molar-refractivity contribution < 1.29 is 0 Å². The molecule has 0 spiro atoms. The van der Waals surface area contributed by atoms with Gasteiger partial charge < -0.3 is 10.2 Å². The third-order valence-corrected chi connectivity index (χ3v) is 4.33. The maximum atomic E-state index is 3.68. The molecule has 1 N–H and O–H groups in total. The Kier molecular flexibility index (Phi) is 2.90. The molecule has 3 heterocycles. The number of halogens is 1. The Hall–Kier alpha value is -0.540. The Balaban J connectivity index is 1.71. The van der Waals surface area contributed by atoms with E-state index in [2.05, 4.69) is 50.4 Å². The number of rotatable bonds is 2. The molecule has 1 aromatic carbocycles. The van der Waals surface area contributed by atoms with Gasteiger partial charge in [0.05, 0.1) is 0 Å². The summed E-state index contributed by atoms with van der Waals surface area (Å²) in [7, 11) is 0. The highest BCUT2D eigenvalue weighted by Gasteiger charge is 2.33. The molecule has 0 radical (unpaired) electrons. The van der Waals surface area contributed by atoms with Crippen molar-refractivity contribution in [2.45, 2.75) is 18.9 Å². The maximum Gasteiger partial charge on any atom is 0.0417 e. The van der Waals surface area contributed by atoms with Crippen molar-refractivity contribution in [2.75, 3.05) is 25.0 Å². The molecule has 0 saturated carbocycles. The second-order valence-corrected chi connectivity index (χ2v) is 5.81. The summed E-state index contributed by atoms with van der Waals surface area (Å²) in [6, 6.07) is 9.13. The van der Waals surface area contributed by atoms with Gasteiger partial charge in [-0.05, 0) is 50.0 Å². The summed E-state index contributed by atoms with van der Waals surface area (Å²) in [5.41, 5.74) is 1.24. The molecule has 1 unspecified atom stereocenters.